The molecule has 2 aliphatic rings. The van der Waals surface area contributed by atoms with Gasteiger partial charge in [-0.15, -0.1) is 0 Å². The second kappa shape index (κ2) is 8.43. The van der Waals surface area contributed by atoms with Gasteiger partial charge in [-0.1, -0.05) is 6.92 Å². The second-order valence-corrected chi connectivity index (χ2v) is 6.93. The topological polar surface area (TPSA) is 68.3 Å². The maximum atomic E-state index is 12.3. The first-order valence-corrected chi connectivity index (χ1v) is 9.15. The first kappa shape index (κ1) is 19.2. The minimum Gasteiger partial charge on any atom is -0.466 e. The fraction of sp³-hybridized carbons (Fsp3) is 0.500. The predicted octanol–water partition coefficient (Wildman–Crippen LogP) is 2.32. The molecule has 7 nitrogen and oxygen atoms in total. The minimum atomic E-state index is -0.598. The maximum absolute atomic E-state index is 12.3. The summed E-state index contributed by atoms with van der Waals surface area (Å²) < 4.78 is 15.2. The summed E-state index contributed by atoms with van der Waals surface area (Å²) in [6.07, 6.45) is 2.46. The van der Waals surface area contributed by atoms with Gasteiger partial charge in [-0.3, -0.25) is 0 Å². The molecule has 3 rings (SSSR count). The van der Waals surface area contributed by atoms with E-state index >= 15 is 0 Å². The van der Waals surface area contributed by atoms with Crippen molar-refractivity contribution in [2.24, 2.45) is 5.92 Å². The highest BCUT2D eigenvalue weighted by Crippen LogP contribution is 2.30. The summed E-state index contributed by atoms with van der Waals surface area (Å²) in [6, 6.07) is 7.94. The van der Waals surface area contributed by atoms with Crippen molar-refractivity contribution in [3.8, 4) is 0 Å². The van der Waals surface area contributed by atoms with Crippen LogP contribution >= 0.6 is 0 Å². The van der Waals surface area contributed by atoms with Gasteiger partial charge in [0.1, 0.15) is 12.4 Å². The standard InChI is InChI=1S/C20H26N2O5/c1-14-5-4-10-21(11-14)15-6-8-16(9-7-15)22-13-27-12-17(19(23)25-2)18(22)20(24)26-3/h6-9,14H,4-5,10-13H2,1-3H3. The van der Waals surface area contributed by atoms with E-state index in [2.05, 4.69) is 11.8 Å². The molecule has 2 heterocycles. The van der Waals surface area contributed by atoms with Gasteiger partial charge in [-0.2, -0.15) is 0 Å². The predicted molar refractivity (Wildman–Crippen MR) is 101 cm³/mol. The van der Waals surface area contributed by atoms with Crippen LogP contribution in [-0.4, -0.2) is 52.6 Å². The van der Waals surface area contributed by atoms with Crippen LogP contribution in [0.3, 0.4) is 0 Å². The normalized spacial score (nSPS) is 20.5. The molecule has 0 radical (unpaired) electrons. The highest BCUT2D eigenvalue weighted by atomic mass is 16.5. The molecule has 27 heavy (non-hydrogen) atoms. The number of anilines is 2. The average molecular weight is 374 g/mol. The van der Waals surface area contributed by atoms with Crippen LogP contribution in [0.2, 0.25) is 0 Å². The number of esters is 2. The third-order valence-corrected chi connectivity index (χ3v) is 5.02. The number of hydrogen-bond acceptors (Lipinski definition) is 7. The Bertz CT molecular complexity index is 728. The molecule has 2 aliphatic heterocycles. The van der Waals surface area contributed by atoms with Crippen LogP contribution in [0.25, 0.3) is 0 Å². The highest BCUT2D eigenvalue weighted by molar-refractivity contribution is 6.03. The summed E-state index contributed by atoms with van der Waals surface area (Å²) in [7, 11) is 2.57. The van der Waals surface area contributed by atoms with Crippen LogP contribution in [0.15, 0.2) is 35.5 Å². The third kappa shape index (κ3) is 4.08. The summed E-state index contributed by atoms with van der Waals surface area (Å²) in [5.74, 6) is -0.503. The molecular weight excluding hydrogens is 348 g/mol. The molecule has 0 bridgehead atoms. The summed E-state index contributed by atoms with van der Waals surface area (Å²) in [4.78, 5) is 28.4. The Morgan fingerprint density at radius 2 is 1.74 bits per heavy atom. The van der Waals surface area contributed by atoms with E-state index in [-0.39, 0.29) is 24.6 Å². The van der Waals surface area contributed by atoms with E-state index in [0.29, 0.717) is 5.92 Å². The molecule has 1 saturated heterocycles. The van der Waals surface area contributed by atoms with E-state index in [1.165, 1.54) is 27.1 Å². The SMILES string of the molecule is COC(=O)C1=C(C(=O)OC)N(c2ccc(N3CCCC(C)C3)cc2)COC1. The minimum absolute atomic E-state index is 0.0113. The van der Waals surface area contributed by atoms with Gasteiger partial charge in [-0.05, 0) is 43.0 Å². The van der Waals surface area contributed by atoms with Gasteiger partial charge in [0, 0.05) is 24.5 Å². The van der Waals surface area contributed by atoms with Crippen molar-refractivity contribution in [3.05, 3.63) is 35.5 Å². The Morgan fingerprint density at radius 3 is 2.37 bits per heavy atom. The van der Waals surface area contributed by atoms with E-state index < -0.39 is 11.9 Å². The van der Waals surface area contributed by atoms with E-state index in [1.807, 2.05) is 24.3 Å². The largest absolute Gasteiger partial charge is 0.466 e. The van der Waals surface area contributed by atoms with Gasteiger partial charge in [0.25, 0.3) is 0 Å². The van der Waals surface area contributed by atoms with Crippen molar-refractivity contribution in [1.29, 1.82) is 0 Å². The van der Waals surface area contributed by atoms with Gasteiger partial charge in [0.2, 0.25) is 0 Å². The lowest BCUT2D eigenvalue weighted by Gasteiger charge is -2.34. The first-order valence-electron chi connectivity index (χ1n) is 9.15. The molecule has 1 aromatic carbocycles. The van der Waals surface area contributed by atoms with Crippen LogP contribution in [-0.2, 0) is 23.8 Å². The number of carbonyl (C=O) groups is 2. The Morgan fingerprint density at radius 1 is 1.07 bits per heavy atom. The molecule has 0 saturated carbocycles. The molecular formula is C20H26N2O5. The smallest absolute Gasteiger partial charge is 0.355 e. The van der Waals surface area contributed by atoms with E-state index in [9.17, 15) is 9.59 Å². The molecule has 0 N–H and O–H groups in total. The number of nitrogens with zero attached hydrogens (tertiary/aromatic N) is 2. The number of benzene rings is 1. The molecule has 1 unspecified atom stereocenters. The van der Waals surface area contributed by atoms with Gasteiger partial charge in [-0.25, -0.2) is 9.59 Å². The lowest BCUT2D eigenvalue weighted by Crippen LogP contribution is -2.38. The third-order valence-electron chi connectivity index (χ3n) is 5.02. The zero-order valence-corrected chi connectivity index (χ0v) is 16.1. The van der Waals surface area contributed by atoms with Gasteiger partial charge >= 0.3 is 11.9 Å². The van der Waals surface area contributed by atoms with Crippen LogP contribution in [0.5, 0.6) is 0 Å². The van der Waals surface area contributed by atoms with Gasteiger partial charge < -0.3 is 24.0 Å². The van der Waals surface area contributed by atoms with E-state index in [0.717, 1.165) is 24.5 Å². The monoisotopic (exact) mass is 374 g/mol. The molecule has 146 valence electrons. The number of hydrogen-bond donors (Lipinski definition) is 0. The van der Waals surface area contributed by atoms with Crippen LogP contribution in [0.4, 0.5) is 11.4 Å². The summed E-state index contributed by atoms with van der Waals surface area (Å²) in [5.41, 5.74) is 2.23. The van der Waals surface area contributed by atoms with Crippen LogP contribution in [0, 0.1) is 5.92 Å². The van der Waals surface area contributed by atoms with Gasteiger partial charge in [0.05, 0.1) is 26.4 Å². The second-order valence-electron chi connectivity index (χ2n) is 6.93. The van der Waals surface area contributed by atoms with Crippen molar-refractivity contribution in [3.63, 3.8) is 0 Å². The Hall–Kier alpha value is -2.54. The number of piperidine rings is 1. The molecule has 1 aromatic rings. The number of ether oxygens (including phenoxy) is 3. The molecule has 7 heteroatoms. The maximum Gasteiger partial charge on any atom is 0.355 e. The highest BCUT2D eigenvalue weighted by Gasteiger charge is 2.32. The number of rotatable bonds is 4. The molecule has 0 aliphatic carbocycles. The summed E-state index contributed by atoms with van der Waals surface area (Å²) in [5, 5.41) is 0. The van der Waals surface area contributed by atoms with E-state index in [4.69, 9.17) is 14.2 Å². The van der Waals surface area contributed by atoms with Crippen LogP contribution < -0.4 is 9.80 Å². The molecule has 0 aromatic heterocycles. The zero-order chi connectivity index (χ0) is 19.4. The Balaban J connectivity index is 1.89. The summed E-state index contributed by atoms with van der Waals surface area (Å²) >= 11 is 0. The Labute approximate surface area is 159 Å². The molecule has 0 amide bonds. The van der Waals surface area contributed by atoms with Crippen molar-refractivity contribution < 1.29 is 23.8 Å². The quantitative estimate of drug-likeness (QED) is 0.749. The lowest BCUT2D eigenvalue weighted by molar-refractivity contribution is -0.140. The fourth-order valence-corrected chi connectivity index (χ4v) is 3.61. The van der Waals surface area contributed by atoms with E-state index in [1.54, 1.807) is 4.90 Å². The number of methoxy groups -OCH3 is 2. The Kier molecular flexibility index (Phi) is 6.01. The van der Waals surface area contributed by atoms with Crippen molar-refractivity contribution in [2.45, 2.75) is 19.8 Å². The molecule has 1 fully saturated rings. The van der Waals surface area contributed by atoms with Crippen molar-refractivity contribution in [2.75, 3.05) is 50.4 Å². The van der Waals surface area contributed by atoms with Gasteiger partial charge in [0.15, 0.2) is 0 Å². The fourth-order valence-electron chi connectivity index (χ4n) is 3.61. The first-order chi connectivity index (χ1) is 13.0. The molecule has 1 atom stereocenters. The van der Waals surface area contributed by atoms with Crippen LogP contribution in [0.1, 0.15) is 19.8 Å². The molecule has 0 spiro atoms. The average Bonchev–Trinajstić information content (AvgIpc) is 2.72. The summed E-state index contributed by atoms with van der Waals surface area (Å²) in [6.45, 7) is 4.54. The lowest BCUT2D eigenvalue weighted by atomic mass is 10.00. The number of carbonyl (C=O) groups excluding carboxylic acids is 2. The van der Waals surface area contributed by atoms with Crippen molar-refractivity contribution >= 4 is 23.3 Å². The van der Waals surface area contributed by atoms with Crippen molar-refractivity contribution in [1.82, 2.24) is 0 Å². The zero-order valence-electron chi connectivity index (χ0n) is 16.1.